The number of carbonyl (C=O) groups excluding carboxylic acids is 1. The Kier molecular flexibility index (Phi) is 6.73. The normalized spacial score (nSPS) is 16.0. The number of hydrogen-bond donors (Lipinski definition) is 1. The van der Waals surface area contributed by atoms with E-state index in [1.807, 2.05) is 13.0 Å². The molecule has 1 aliphatic rings. The Morgan fingerprint density at radius 2 is 2.16 bits per heavy atom. The molecule has 0 aliphatic carbocycles. The van der Waals surface area contributed by atoms with Gasteiger partial charge in [0.15, 0.2) is 0 Å². The molecule has 1 N–H and O–H groups in total. The summed E-state index contributed by atoms with van der Waals surface area (Å²) in [6, 6.07) is 1.26. The van der Waals surface area contributed by atoms with Gasteiger partial charge in [0.05, 0.1) is 18.4 Å². The molecule has 2 amide bonds. The standard InChI is InChI=1S/C20H28FN3O/c1-5-6-7-14(2)15(3)8-9-16(4)23-20(25)24-12-17-10-18(21)11-22-19(17)13-24/h8-11,14H,5-7,12-13H2,1-4H3,(H,23,25)/b15-8+,16-9+. The number of urea groups is 1. The van der Waals surface area contributed by atoms with E-state index in [0.29, 0.717) is 19.0 Å². The number of nitrogens with one attached hydrogen (secondary N) is 1. The zero-order valence-electron chi connectivity index (χ0n) is 15.6. The average molecular weight is 345 g/mol. The van der Waals surface area contributed by atoms with Gasteiger partial charge in [0, 0.05) is 12.2 Å². The third-order valence-electron chi connectivity index (χ3n) is 4.68. The van der Waals surface area contributed by atoms with E-state index in [1.54, 1.807) is 4.90 Å². The highest BCUT2D eigenvalue weighted by atomic mass is 19.1. The van der Waals surface area contributed by atoms with Crippen molar-refractivity contribution >= 4 is 6.03 Å². The molecule has 25 heavy (non-hydrogen) atoms. The number of allylic oxidation sites excluding steroid dienone is 4. The number of amides is 2. The van der Waals surface area contributed by atoms with Crippen molar-refractivity contribution in [2.24, 2.45) is 5.92 Å². The molecule has 1 atom stereocenters. The lowest BCUT2D eigenvalue weighted by atomic mass is 9.96. The highest BCUT2D eigenvalue weighted by Crippen LogP contribution is 2.21. The molecular formula is C20H28FN3O. The van der Waals surface area contributed by atoms with Crippen LogP contribution in [0, 0.1) is 11.7 Å². The number of nitrogens with zero attached hydrogens (tertiary/aromatic N) is 2. The zero-order chi connectivity index (χ0) is 18.4. The summed E-state index contributed by atoms with van der Waals surface area (Å²) in [4.78, 5) is 18.0. The van der Waals surface area contributed by atoms with Gasteiger partial charge in [0.25, 0.3) is 0 Å². The molecule has 0 fully saturated rings. The highest BCUT2D eigenvalue weighted by Gasteiger charge is 2.24. The summed E-state index contributed by atoms with van der Waals surface area (Å²) < 4.78 is 13.2. The summed E-state index contributed by atoms with van der Waals surface area (Å²) >= 11 is 0. The van der Waals surface area contributed by atoms with Gasteiger partial charge < -0.3 is 10.2 Å². The Morgan fingerprint density at radius 1 is 1.40 bits per heavy atom. The minimum Gasteiger partial charge on any atom is -0.314 e. The second-order valence-corrected chi connectivity index (χ2v) is 6.85. The van der Waals surface area contributed by atoms with Crippen molar-refractivity contribution in [2.75, 3.05) is 0 Å². The third-order valence-corrected chi connectivity index (χ3v) is 4.68. The van der Waals surface area contributed by atoms with E-state index in [0.717, 1.165) is 17.0 Å². The van der Waals surface area contributed by atoms with E-state index < -0.39 is 0 Å². The first-order valence-electron chi connectivity index (χ1n) is 8.95. The maximum absolute atomic E-state index is 13.2. The SMILES string of the molecule is CCCCC(C)/C(C)=C/C=C(\C)NC(=O)N1Cc2cc(F)cnc2C1. The van der Waals surface area contributed by atoms with Gasteiger partial charge in [-0.05, 0) is 43.9 Å². The van der Waals surface area contributed by atoms with Crippen LogP contribution in [0.25, 0.3) is 0 Å². The third kappa shape index (κ3) is 5.41. The van der Waals surface area contributed by atoms with E-state index in [1.165, 1.54) is 37.1 Å². The first-order chi connectivity index (χ1) is 11.9. The fourth-order valence-electron chi connectivity index (χ4n) is 2.82. The molecular weight excluding hydrogens is 317 g/mol. The molecule has 1 aromatic heterocycles. The summed E-state index contributed by atoms with van der Waals surface area (Å²) in [6.45, 7) is 9.24. The molecule has 136 valence electrons. The van der Waals surface area contributed by atoms with Gasteiger partial charge in [-0.2, -0.15) is 0 Å². The number of halogens is 1. The largest absolute Gasteiger partial charge is 0.322 e. The van der Waals surface area contributed by atoms with E-state index in [9.17, 15) is 9.18 Å². The van der Waals surface area contributed by atoms with E-state index in [2.05, 4.69) is 37.1 Å². The van der Waals surface area contributed by atoms with E-state index >= 15 is 0 Å². The maximum atomic E-state index is 13.2. The summed E-state index contributed by atoms with van der Waals surface area (Å²) in [5.74, 6) is 0.184. The molecule has 1 aliphatic heterocycles. The van der Waals surface area contributed by atoms with Gasteiger partial charge in [-0.15, -0.1) is 0 Å². The van der Waals surface area contributed by atoms with Gasteiger partial charge in [0.1, 0.15) is 5.82 Å². The van der Waals surface area contributed by atoms with Gasteiger partial charge in [0.2, 0.25) is 0 Å². The van der Waals surface area contributed by atoms with Crippen molar-refractivity contribution in [2.45, 2.75) is 60.0 Å². The zero-order valence-corrected chi connectivity index (χ0v) is 15.6. The topological polar surface area (TPSA) is 45.2 Å². The summed E-state index contributed by atoms with van der Waals surface area (Å²) in [6.07, 6.45) is 8.84. The fourth-order valence-corrected chi connectivity index (χ4v) is 2.82. The van der Waals surface area contributed by atoms with Crippen LogP contribution in [0.4, 0.5) is 9.18 Å². The lowest BCUT2D eigenvalue weighted by Crippen LogP contribution is -2.35. The number of hydrogen-bond acceptors (Lipinski definition) is 2. The van der Waals surface area contributed by atoms with Crippen LogP contribution in [-0.2, 0) is 13.1 Å². The summed E-state index contributed by atoms with van der Waals surface area (Å²) in [5, 5.41) is 2.89. The number of carbonyl (C=O) groups is 1. The Hall–Kier alpha value is -2.17. The fraction of sp³-hybridized carbons (Fsp3) is 0.500. The molecule has 5 heteroatoms. The van der Waals surface area contributed by atoms with Gasteiger partial charge >= 0.3 is 6.03 Å². The molecule has 1 unspecified atom stereocenters. The molecule has 0 bridgehead atoms. The second kappa shape index (κ2) is 8.79. The van der Waals surface area contributed by atoms with E-state index in [4.69, 9.17) is 0 Å². The Balaban J connectivity index is 1.90. The predicted octanol–water partition coefficient (Wildman–Crippen LogP) is 4.92. The van der Waals surface area contributed by atoms with Gasteiger partial charge in [-0.25, -0.2) is 9.18 Å². The molecule has 4 nitrogen and oxygen atoms in total. The molecule has 0 aromatic carbocycles. The predicted molar refractivity (Wildman–Crippen MR) is 98.2 cm³/mol. The quantitative estimate of drug-likeness (QED) is 0.744. The van der Waals surface area contributed by atoms with Crippen molar-refractivity contribution in [3.8, 4) is 0 Å². The molecule has 0 spiro atoms. The lowest BCUT2D eigenvalue weighted by molar-refractivity contribution is 0.201. The first kappa shape index (κ1) is 19.2. The lowest BCUT2D eigenvalue weighted by Gasteiger charge is -2.16. The van der Waals surface area contributed by atoms with E-state index in [-0.39, 0.29) is 11.8 Å². The number of rotatable bonds is 6. The molecule has 0 radical (unpaired) electrons. The average Bonchev–Trinajstić information content (AvgIpc) is 3.00. The monoisotopic (exact) mass is 345 g/mol. The Morgan fingerprint density at radius 3 is 2.88 bits per heavy atom. The first-order valence-corrected chi connectivity index (χ1v) is 8.95. The van der Waals surface area contributed by atoms with Crippen molar-refractivity contribution in [3.63, 3.8) is 0 Å². The van der Waals surface area contributed by atoms with Crippen LogP contribution in [-0.4, -0.2) is 15.9 Å². The maximum Gasteiger partial charge on any atom is 0.322 e. The second-order valence-electron chi connectivity index (χ2n) is 6.85. The number of fused-ring (bicyclic) bond motifs is 1. The van der Waals surface area contributed by atoms with Crippen molar-refractivity contribution < 1.29 is 9.18 Å². The minimum absolute atomic E-state index is 0.183. The van der Waals surface area contributed by atoms with Crippen LogP contribution in [0.15, 0.2) is 35.7 Å². The number of unbranched alkanes of at least 4 members (excludes halogenated alkanes) is 1. The van der Waals surface area contributed by atoms with Crippen LogP contribution in [0.1, 0.15) is 58.2 Å². The molecule has 0 saturated carbocycles. The summed E-state index contributed by atoms with van der Waals surface area (Å²) in [7, 11) is 0. The molecule has 1 aromatic rings. The van der Waals surface area contributed by atoms with Crippen molar-refractivity contribution in [3.05, 3.63) is 52.8 Å². The highest BCUT2D eigenvalue weighted by molar-refractivity contribution is 5.76. The number of pyridine rings is 1. The van der Waals surface area contributed by atoms with Crippen molar-refractivity contribution in [1.82, 2.24) is 15.2 Å². The van der Waals surface area contributed by atoms with Gasteiger partial charge in [-0.3, -0.25) is 4.98 Å². The smallest absolute Gasteiger partial charge is 0.314 e. The molecule has 2 heterocycles. The van der Waals surface area contributed by atoms with Crippen LogP contribution in [0.5, 0.6) is 0 Å². The summed E-state index contributed by atoms with van der Waals surface area (Å²) in [5.41, 5.74) is 3.65. The van der Waals surface area contributed by atoms with Gasteiger partial charge in [-0.1, -0.05) is 38.3 Å². The number of aromatic nitrogens is 1. The van der Waals surface area contributed by atoms with Crippen LogP contribution in [0.3, 0.4) is 0 Å². The Labute approximate surface area is 149 Å². The van der Waals surface area contributed by atoms with Crippen LogP contribution < -0.4 is 5.32 Å². The molecule has 0 saturated heterocycles. The molecule has 2 rings (SSSR count). The van der Waals surface area contributed by atoms with Crippen molar-refractivity contribution in [1.29, 1.82) is 0 Å². The minimum atomic E-state index is -0.366. The van der Waals surface area contributed by atoms with Crippen LogP contribution >= 0.6 is 0 Å². The van der Waals surface area contributed by atoms with Crippen LogP contribution in [0.2, 0.25) is 0 Å². The Bertz CT molecular complexity index is 682.